The average Bonchev–Trinajstić information content (AvgIpc) is 3.12. The molecule has 1 N–H and O–H groups in total. The second kappa shape index (κ2) is 7.33. The van der Waals surface area contributed by atoms with E-state index in [1.807, 2.05) is 30.0 Å². The predicted molar refractivity (Wildman–Crippen MR) is 109 cm³/mol. The molecule has 5 nitrogen and oxygen atoms in total. The van der Waals surface area contributed by atoms with Crippen LogP contribution in [-0.4, -0.2) is 39.9 Å². The van der Waals surface area contributed by atoms with Crippen molar-refractivity contribution in [1.82, 2.24) is 14.9 Å². The highest BCUT2D eigenvalue weighted by Gasteiger charge is 2.28. The van der Waals surface area contributed by atoms with Crippen molar-refractivity contribution in [3.63, 3.8) is 0 Å². The van der Waals surface area contributed by atoms with Crippen LogP contribution in [0.3, 0.4) is 0 Å². The second-order valence-electron chi connectivity index (χ2n) is 6.75. The summed E-state index contributed by atoms with van der Waals surface area (Å²) >= 11 is 12.2. The Kier molecular flexibility index (Phi) is 4.89. The van der Waals surface area contributed by atoms with E-state index in [9.17, 15) is 4.79 Å². The number of hydrogen-bond donors (Lipinski definition) is 1. The summed E-state index contributed by atoms with van der Waals surface area (Å²) in [6.45, 7) is 3.23. The third-order valence-electron chi connectivity index (χ3n) is 4.68. The minimum Gasteiger partial charge on any atom is -0.364 e. The number of likely N-dealkylation sites (tertiary alicyclic amines) is 1. The molecule has 27 heavy (non-hydrogen) atoms. The summed E-state index contributed by atoms with van der Waals surface area (Å²) < 4.78 is 0. The molecule has 1 aliphatic heterocycles. The lowest BCUT2D eigenvalue weighted by Gasteiger charge is -2.18. The van der Waals surface area contributed by atoms with Crippen LogP contribution in [0.5, 0.6) is 0 Å². The van der Waals surface area contributed by atoms with Crippen LogP contribution >= 0.6 is 23.2 Å². The van der Waals surface area contributed by atoms with Crippen LogP contribution < -0.4 is 5.32 Å². The van der Waals surface area contributed by atoms with E-state index < -0.39 is 0 Å². The number of hydrogen-bond acceptors (Lipinski definition) is 4. The molecule has 2 aromatic carbocycles. The van der Waals surface area contributed by atoms with Crippen LogP contribution in [0.25, 0.3) is 11.0 Å². The van der Waals surface area contributed by atoms with Crippen LogP contribution in [-0.2, 0) is 0 Å². The number of amides is 1. The molecule has 1 aliphatic rings. The first-order valence-corrected chi connectivity index (χ1v) is 9.49. The molecule has 1 amide bonds. The maximum Gasteiger partial charge on any atom is 0.255 e. The van der Waals surface area contributed by atoms with Crippen molar-refractivity contribution in [3.05, 3.63) is 63.8 Å². The van der Waals surface area contributed by atoms with Gasteiger partial charge in [-0.3, -0.25) is 9.78 Å². The third-order valence-corrected chi connectivity index (χ3v) is 5.25. The minimum absolute atomic E-state index is 0.0350. The van der Waals surface area contributed by atoms with Gasteiger partial charge in [-0.2, -0.15) is 0 Å². The third kappa shape index (κ3) is 3.84. The van der Waals surface area contributed by atoms with Crippen molar-refractivity contribution in [1.29, 1.82) is 0 Å². The summed E-state index contributed by atoms with van der Waals surface area (Å²) in [7, 11) is 0. The maximum absolute atomic E-state index is 12.8. The fourth-order valence-electron chi connectivity index (χ4n) is 3.30. The fraction of sp³-hybridized carbons (Fsp3) is 0.250. The number of aryl methyl sites for hydroxylation is 1. The van der Waals surface area contributed by atoms with E-state index in [0.29, 0.717) is 34.5 Å². The lowest BCUT2D eigenvalue weighted by molar-refractivity contribution is 0.0791. The Bertz CT molecular complexity index is 1020. The Morgan fingerprint density at radius 2 is 2.04 bits per heavy atom. The molecule has 7 heteroatoms. The fourth-order valence-corrected chi connectivity index (χ4v) is 3.66. The van der Waals surface area contributed by atoms with E-state index in [-0.39, 0.29) is 11.9 Å². The molecule has 0 spiro atoms. The van der Waals surface area contributed by atoms with Crippen LogP contribution in [0, 0.1) is 6.92 Å². The number of fused-ring (bicyclic) bond motifs is 1. The van der Waals surface area contributed by atoms with Crippen molar-refractivity contribution < 1.29 is 4.79 Å². The second-order valence-corrected chi connectivity index (χ2v) is 7.60. The van der Waals surface area contributed by atoms with Crippen LogP contribution in [0.15, 0.2) is 42.6 Å². The Balaban J connectivity index is 1.46. The Hall–Kier alpha value is -2.37. The van der Waals surface area contributed by atoms with Gasteiger partial charge in [0, 0.05) is 24.2 Å². The summed E-state index contributed by atoms with van der Waals surface area (Å²) in [6.07, 6.45) is 2.54. The highest BCUT2D eigenvalue weighted by atomic mass is 35.5. The molecule has 0 aliphatic carbocycles. The minimum atomic E-state index is -0.0350. The number of rotatable bonds is 3. The molecule has 3 aromatic rings. The van der Waals surface area contributed by atoms with Crippen molar-refractivity contribution in [2.75, 3.05) is 18.4 Å². The van der Waals surface area contributed by atoms with Crippen molar-refractivity contribution in [3.8, 4) is 0 Å². The van der Waals surface area contributed by atoms with Gasteiger partial charge in [0.05, 0.1) is 27.8 Å². The first-order valence-electron chi connectivity index (χ1n) is 8.74. The van der Waals surface area contributed by atoms with Crippen molar-refractivity contribution >= 4 is 46.0 Å². The van der Waals surface area contributed by atoms with E-state index in [4.69, 9.17) is 23.2 Å². The van der Waals surface area contributed by atoms with Gasteiger partial charge in [0.25, 0.3) is 5.91 Å². The number of halogens is 2. The van der Waals surface area contributed by atoms with Crippen LogP contribution in [0.1, 0.15) is 22.3 Å². The smallest absolute Gasteiger partial charge is 0.255 e. The maximum atomic E-state index is 12.8. The van der Waals surface area contributed by atoms with Gasteiger partial charge < -0.3 is 10.2 Å². The predicted octanol–water partition coefficient (Wildman–Crippen LogP) is 4.57. The van der Waals surface area contributed by atoms with Gasteiger partial charge in [0.1, 0.15) is 5.82 Å². The van der Waals surface area contributed by atoms with Gasteiger partial charge in [0.15, 0.2) is 0 Å². The zero-order chi connectivity index (χ0) is 19.0. The van der Waals surface area contributed by atoms with E-state index in [1.165, 1.54) is 0 Å². The first-order chi connectivity index (χ1) is 13.0. The highest BCUT2D eigenvalue weighted by Crippen LogP contribution is 2.23. The molecule has 1 aromatic heterocycles. The summed E-state index contributed by atoms with van der Waals surface area (Å²) in [5.41, 5.74) is 3.11. The number of aromatic nitrogens is 2. The Morgan fingerprint density at radius 3 is 2.89 bits per heavy atom. The number of benzene rings is 2. The molecule has 138 valence electrons. The topological polar surface area (TPSA) is 58.1 Å². The Labute approximate surface area is 167 Å². The van der Waals surface area contributed by atoms with Gasteiger partial charge in [-0.15, -0.1) is 0 Å². The lowest BCUT2D eigenvalue weighted by atomic mass is 10.1. The van der Waals surface area contributed by atoms with Gasteiger partial charge in [-0.05, 0) is 43.7 Å². The Morgan fingerprint density at radius 1 is 1.19 bits per heavy atom. The van der Waals surface area contributed by atoms with E-state index in [0.717, 1.165) is 23.0 Å². The number of carbonyl (C=O) groups is 1. The van der Waals surface area contributed by atoms with Gasteiger partial charge in [-0.25, -0.2) is 4.98 Å². The first kappa shape index (κ1) is 18.0. The summed E-state index contributed by atoms with van der Waals surface area (Å²) in [5, 5.41) is 4.50. The van der Waals surface area contributed by atoms with E-state index >= 15 is 0 Å². The van der Waals surface area contributed by atoms with Crippen molar-refractivity contribution in [2.45, 2.75) is 19.4 Å². The molecule has 0 bridgehead atoms. The molecular weight excluding hydrogens is 383 g/mol. The molecule has 1 saturated heterocycles. The number of nitrogens with zero attached hydrogens (tertiary/aromatic N) is 3. The quantitative estimate of drug-likeness (QED) is 0.699. The van der Waals surface area contributed by atoms with Gasteiger partial charge >= 0.3 is 0 Å². The molecule has 1 fully saturated rings. The normalized spacial score (nSPS) is 16.7. The zero-order valence-electron chi connectivity index (χ0n) is 14.7. The monoisotopic (exact) mass is 400 g/mol. The molecule has 0 saturated carbocycles. The SMILES string of the molecule is Cc1ccc(Cl)c(C(=O)N2CC[C@@H](Nc3cnc4cc(Cl)ccc4n3)C2)c1. The average molecular weight is 401 g/mol. The standard InChI is InChI=1S/C20H18Cl2N4O/c1-12-2-4-16(22)15(8-12)20(27)26-7-6-14(11-26)24-19-10-23-18-9-13(21)3-5-17(18)25-19/h2-5,8-10,14H,6-7,11H2,1H3,(H,24,25)/t14-/m1/s1. The molecular formula is C20H18Cl2N4O. The number of carbonyl (C=O) groups excluding carboxylic acids is 1. The number of anilines is 1. The lowest BCUT2D eigenvalue weighted by Crippen LogP contribution is -2.32. The summed E-state index contributed by atoms with van der Waals surface area (Å²) in [4.78, 5) is 23.6. The van der Waals surface area contributed by atoms with Crippen LogP contribution in [0.2, 0.25) is 10.0 Å². The van der Waals surface area contributed by atoms with Crippen LogP contribution in [0.4, 0.5) is 5.82 Å². The van der Waals surface area contributed by atoms with Crippen molar-refractivity contribution in [2.24, 2.45) is 0 Å². The largest absolute Gasteiger partial charge is 0.364 e. The number of nitrogens with one attached hydrogen (secondary N) is 1. The summed E-state index contributed by atoms with van der Waals surface area (Å²) in [6, 6.07) is 11.1. The molecule has 4 rings (SSSR count). The molecule has 0 unspecified atom stereocenters. The molecule has 1 atom stereocenters. The molecule has 0 radical (unpaired) electrons. The highest BCUT2D eigenvalue weighted by molar-refractivity contribution is 6.33. The van der Waals surface area contributed by atoms with Gasteiger partial charge in [0.2, 0.25) is 0 Å². The van der Waals surface area contributed by atoms with Gasteiger partial charge in [-0.1, -0.05) is 34.8 Å². The zero-order valence-corrected chi connectivity index (χ0v) is 16.3. The molecule has 2 heterocycles. The van der Waals surface area contributed by atoms with E-state index in [1.54, 1.807) is 24.4 Å². The van der Waals surface area contributed by atoms with E-state index in [2.05, 4.69) is 15.3 Å². The summed E-state index contributed by atoms with van der Waals surface area (Å²) in [5.74, 6) is 0.657.